The van der Waals surface area contributed by atoms with E-state index in [9.17, 15) is 9.90 Å². The summed E-state index contributed by atoms with van der Waals surface area (Å²) in [7, 11) is 1.84. The lowest BCUT2D eigenvalue weighted by molar-refractivity contribution is 0.102. The van der Waals surface area contributed by atoms with Crippen molar-refractivity contribution in [2.75, 3.05) is 36.1 Å². The van der Waals surface area contributed by atoms with Crippen LogP contribution in [-0.4, -0.2) is 52.3 Å². The third-order valence-corrected chi connectivity index (χ3v) is 4.61. The molecule has 1 atom stereocenters. The number of nitrogen functional groups attached to an aromatic ring is 1. The highest BCUT2D eigenvalue weighted by Crippen LogP contribution is 2.31. The van der Waals surface area contributed by atoms with E-state index in [4.69, 9.17) is 10.5 Å². The number of benzene rings is 1. The molecule has 9 heteroatoms. The number of hydrogen-bond donors (Lipinski definition) is 3. The largest absolute Gasteiger partial charge is 0.485 e. The first kappa shape index (κ1) is 18.6. The van der Waals surface area contributed by atoms with Gasteiger partial charge in [0.1, 0.15) is 11.9 Å². The molecule has 1 aliphatic rings. The van der Waals surface area contributed by atoms with E-state index in [1.54, 1.807) is 24.5 Å². The van der Waals surface area contributed by atoms with E-state index >= 15 is 0 Å². The second kappa shape index (κ2) is 7.72. The van der Waals surface area contributed by atoms with Crippen LogP contribution in [0.25, 0.3) is 11.3 Å². The number of ether oxygens (including phenoxy) is 1. The minimum atomic E-state index is -0.514. The first-order valence-electron chi connectivity index (χ1n) is 9.02. The number of nitrogens with one attached hydrogen (secondary N) is 1. The van der Waals surface area contributed by atoms with E-state index in [0.717, 1.165) is 0 Å². The summed E-state index contributed by atoms with van der Waals surface area (Å²) in [6.07, 6.45) is 4.14. The molecule has 3 heterocycles. The number of aromatic nitrogens is 3. The van der Waals surface area contributed by atoms with E-state index in [1.807, 2.05) is 30.1 Å². The van der Waals surface area contributed by atoms with Crippen LogP contribution in [0.2, 0.25) is 0 Å². The lowest BCUT2D eigenvalue weighted by Gasteiger charge is -2.27. The molecule has 29 heavy (non-hydrogen) atoms. The number of aliphatic hydroxyl groups is 1. The molecule has 2 bridgehead atoms. The number of amides is 1. The van der Waals surface area contributed by atoms with Crippen molar-refractivity contribution in [1.82, 2.24) is 15.0 Å². The molecule has 0 fully saturated rings. The normalized spacial score (nSPS) is 16.3. The molecule has 4 rings (SSSR count). The van der Waals surface area contributed by atoms with Gasteiger partial charge in [0, 0.05) is 18.8 Å². The van der Waals surface area contributed by atoms with E-state index in [1.165, 1.54) is 6.20 Å². The van der Waals surface area contributed by atoms with Gasteiger partial charge in [-0.2, -0.15) is 0 Å². The Morgan fingerprint density at radius 3 is 2.97 bits per heavy atom. The Morgan fingerprint density at radius 2 is 2.14 bits per heavy atom. The maximum absolute atomic E-state index is 12.9. The second-order valence-corrected chi connectivity index (χ2v) is 6.64. The van der Waals surface area contributed by atoms with Crippen LogP contribution in [0.4, 0.5) is 17.2 Å². The van der Waals surface area contributed by atoms with E-state index in [2.05, 4.69) is 20.3 Å². The fraction of sp³-hybridized carbons (Fsp3) is 0.200. The van der Waals surface area contributed by atoms with Gasteiger partial charge in [0.15, 0.2) is 11.5 Å². The van der Waals surface area contributed by atoms with Crippen molar-refractivity contribution in [1.29, 1.82) is 0 Å². The molecular weight excluding hydrogens is 372 g/mol. The van der Waals surface area contributed by atoms with Crippen LogP contribution in [0.1, 0.15) is 10.5 Å². The Hall–Kier alpha value is -3.72. The molecule has 0 saturated carbocycles. The topological polar surface area (TPSA) is 126 Å². The highest BCUT2D eigenvalue weighted by atomic mass is 16.5. The molecule has 0 spiro atoms. The molecule has 0 radical (unpaired) electrons. The predicted molar refractivity (Wildman–Crippen MR) is 109 cm³/mol. The summed E-state index contributed by atoms with van der Waals surface area (Å²) >= 11 is 0. The minimum Gasteiger partial charge on any atom is -0.485 e. The number of likely N-dealkylation sites (N-methyl/N-ethyl adjacent to an activating group) is 1. The predicted octanol–water partition coefficient (Wildman–Crippen LogP) is 1.56. The van der Waals surface area contributed by atoms with Crippen molar-refractivity contribution in [3.8, 4) is 17.0 Å². The van der Waals surface area contributed by atoms with Crippen molar-refractivity contribution in [3.05, 3.63) is 54.6 Å². The average Bonchev–Trinajstić information content (AvgIpc) is 2.74. The number of aliphatic hydroxyl groups excluding tert-OH is 1. The lowest BCUT2D eigenvalue weighted by Crippen LogP contribution is -2.36. The molecule has 1 aromatic carbocycles. The molecule has 4 N–H and O–H groups in total. The number of rotatable bonds is 1. The number of nitrogens with two attached hydrogens (primary N) is 1. The Bertz CT molecular complexity index is 1060. The summed E-state index contributed by atoms with van der Waals surface area (Å²) in [5.74, 6) is 0.0574. The highest BCUT2D eigenvalue weighted by Gasteiger charge is 2.22. The van der Waals surface area contributed by atoms with Crippen LogP contribution in [0, 0.1) is 0 Å². The first-order chi connectivity index (χ1) is 14.1. The maximum atomic E-state index is 12.9. The van der Waals surface area contributed by atoms with Crippen molar-refractivity contribution in [2.24, 2.45) is 0 Å². The number of pyridine rings is 1. The number of hydrogen-bond acceptors (Lipinski definition) is 8. The molecule has 0 saturated heterocycles. The highest BCUT2D eigenvalue weighted by molar-refractivity contribution is 6.07. The van der Waals surface area contributed by atoms with Gasteiger partial charge in [-0.3, -0.25) is 9.78 Å². The van der Waals surface area contributed by atoms with Gasteiger partial charge in [0.25, 0.3) is 5.91 Å². The van der Waals surface area contributed by atoms with Crippen molar-refractivity contribution in [2.45, 2.75) is 6.10 Å². The fourth-order valence-corrected chi connectivity index (χ4v) is 3.19. The molecule has 2 aromatic heterocycles. The van der Waals surface area contributed by atoms with Crippen molar-refractivity contribution in [3.63, 3.8) is 0 Å². The molecule has 9 nitrogen and oxygen atoms in total. The molecule has 0 aliphatic carbocycles. The number of carbonyl (C=O) groups excluding carboxylic acids is 1. The van der Waals surface area contributed by atoms with Crippen LogP contribution in [0.5, 0.6) is 5.75 Å². The number of nitrogens with zero attached hydrogens (tertiary/aromatic N) is 4. The third-order valence-electron chi connectivity index (χ3n) is 4.61. The van der Waals surface area contributed by atoms with Gasteiger partial charge in [-0.1, -0.05) is 12.1 Å². The molecule has 1 unspecified atom stereocenters. The lowest BCUT2D eigenvalue weighted by atomic mass is 10.1. The quantitative estimate of drug-likeness (QED) is 0.570. The Kier molecular flexibility index (Phi) is 4.96. The smallest absolute Gasteiger partial charge is 0.278 e. The standard InChI is InChI=1S/C20H20N6O3/c1-26-10-12(11-27)29-17-5-3-2-4-13(17)14-9-23-19(21)18(24-14)20(28)25-15-8-22-7-6-16(15)26/h2-9,12,27H,10-11H2,1H3,(H2,21,23)(H,25,28). The summed E-state index contributed by atoms with van der Waals surface area (Å²) in [5.41, 5.74) is 8.22. The van der Waals surface area contributed by atoms with Crippen LogP contribution >= 0.6 is 0 Å². The van der Waals surface area contributed by atoms with Gasteiger partial charge in [-0.25, -0.2) is 9.97 Å². The zero-order chi connectivity index (χ0) is 20.4. The van der Waals surface area contributed by atoms with Crippen LogP contribution < -0.4 is 20.7 Å². The summed E-state index contributed by atoms with van der Waals surface area (Å²) in [6, 6.07) is 9.03. The van der Waals surface area contributed by atoms with Crippen LogP contribution in [0.3, 0.4) is 0 Å². The average molecular weight is 392 g/mol. The fourth-order valence-electron chi connectivity index (χ4n) is 3.19. The summed E-state index contributed by atoms with van der Waals surface area (Å²) < 4.78 is 6.09. The maximum Gasteiger partial charge on any atom is 0.278 e. The first-order valence-corrected chi connectivity index (χ1v) is 9.02. The van der Waals surface area contributed by atoms with Gasteiger partial charge >= 0.3 is 0 Å². The zero-order valence-corrected chi connectivity index (χ0v) is 15.7. The number of carbonyl (C=O) groups is 1. The number of para-hydroxylation sites is 1. The Labute approximate surface area is 167 Å². The molecule has 1 aliphatic heterocycles. The second-order valence-electron chi connectivity index (χ2n) is 6.64. The number of fused-ring (bicyclic) bond motifs is 5. The Morgan fingerprint density at radius 1 is 1.31 bits per heavy atom. The van der Waals surface area contributed by atoms with Gasteiger partial charge in [0.05, 0.1) is 42.6 Å². The van der Waals surface area contributed by atoms with E-state index in [0.29, 0.717) is 34.9 Å². The van der Waals surface area contributed by atoms with Gasteiger partial charge in [0.2, 0.25) is 0 Å². The summed E-state index contributed by atoms with van der Waals surface area (Å²) in [4.78, 5) is 27.4. The van der Waals surface area contributed by atoms with Gasteiger partial charge < -0.3 is 25.8 Å². The van der Waals surface area contributed by atoms with Gasteiger partial charge in [-0.05, 0) is 18.2 Å². The number of anilines is 3. The summed E-state index contributed by atoms with van der Waals surface area (Å²) in [6.45, 7) is 0.188. The molecule has 148 valence electrons. The van der Waals surface area contributed by atoms with Crippen LogP contribution in [0.15, 0.2) is 48.9 Å². The van der Waals surface area contributed by atoms with E-state index < -0.39 is 12.0 Å². The van der Waals surface area contributed by atoms with Crippen molar-refractivity contribution < 1.29 is 14.6 Å². The monoisotopic (exact) mass is 392 g/mol. The Balaban J connectivity index is 1.89. The van der Waals surface area contributed by atoms with Gasteiger partial charge in [-0.15, -0.1) is 0 Å². The molecular formula is C20H20N6O3. The van der Waals surface area contributed by atoms with E-state index in [-0.39, 0.29) is 18.1 Å². The summed E-state index contributed by atoms with van der Waals surface area (Å²) in [5, 5.41) is 12.7. The van der Waals surface area contributed by atoms with Crippen molar-refractivity contribution >= 4 is 23.1 Å². The SMILES string of the molecule is CN1CC(CO)Oc2ccccc2-c2cnc(N)c(n2)C(=O)Nc2cnccc21. The minimum absolute atomic E-state index is 0.00714. The zero-order valence-electron chi connectivity index (χ0n) is 15.7. The molecule has 1 amide bonds. The van der Waals surface area contributed by atoms with Crippen LogP contribution in [-0.2, 0) is 0 Å². The third kappa shape index (κ3) is 3.67. The molecule has 3 aromatic rings.